The number of rotatable bonds is 2. The van der Waals surface area contributed by atoms with Crippen LogP contribution in [0.25, 0.3) is 11.3 Å². The lowest BCUT2D eigenvalue weighted by Gasteiger charge is -2.14. The first kappa shape index (κ1) is 17.9. The highest BCUT2D eigenvalue weighted by atomic mass is 35.5. The van der Waals surface area contributed by atoms with Gasteiger partial charge >= 0.3 is 5.97 Å². The topological polar surface area (TPSA) is 39.2 Å². The molecular weight excluding hydrogens is 415 g/mol. The van der Waals surface area contributed by atoms with E-state index in [1.54, 1.807) is 0 Å². The summed E-state index contributed by atoms with van der Waals surface area (Å²) in [5, 5.41) is 0.110. The number of benzene rings is 1. The Kier molecular flexibility index (Phi) is 5.70. The zero-order valence-corrected chi connectivity index (χ0v) is 15.2. The number of halogens is 6. The smallest absolute Gasteiger partial charge is 0.340 e. The average molecular weight is 420 g/mol. The highest BCUT2D eigenvalue weighted by molar-refractivity contribution is 6.56. The Labute approximate surface area is 156 Å². The van der Waals surface area contributed by atoms with E-state index in [-0.39, 0.29) is 47.1 Å². The summed E-state index contributed by atoms with van der Waals surface area (Å²) < 4.78 is 4.70. The molecule has 1 heterocycles. The largest absolute Gasteiger partial charge is 0.465 e. The summed E-state index contributed by atoms with van der Waals surface area (Å²) in [6.45, 7) is 0. The van der Waals surface area contributed by atoms with Gasteiger partial charge in [0, 0.05) is 5.56 Å². The Balaban J connectivity index is 2.88. The highest BCUT2D eigenvalue weighted by Crippen LogP contribution is 2.48. The molecule has 0 amide bonds. The maximum Gasteiger partial charge on any atom is 0.340 e. The van der Waals surface area contributed by atoms with E-state index in [0.29, 0.717) is 0 Å². The van der Waals surface area contributed by atoms with Crippen molar-refractivity contribution >= 4 is 75.6 Å². The Morgan fingerprint density at radius 2 is 1.41 bits per heavy atom. The quantitative estimate of drug-likeness (QED) is 0.243. The summed E-state index contributed by atoms with van der Waals surface area (Å²) >= 11 is 36.3. The number of pyridine rings is 1. The van der Waals surface area contributed by atoms with Crippen LogP contribution in [0.4, 0.5) is 0 Å². The number of aromatic nitrogens is 1. The molecule has 0 radical (unpaired) electrons. The van der Waals surface area contributed by atoms with E-state index >= 15 is 0 Å². The van der Waals surface area contributed by atoms with E-state index in [1.807, 2.05) is 0 Å². The zero-order valence-electron chi connectivity index (χ0n) is 10.7. The fourth-order valence-corrected chi connectivity index (χ4v) is 3.18. The Morgan fingerprint density at radius 3 is 1.91 bits per heavy atom. The second-order valence-corrected chi connectivity index (χ2v) is 6.24. The Hall–Kier alpha value is -0.420. The molecule has 0 saturated carbocycles. The number of carbonyl (C=O) groups excluding carboxylic acids is 1. The van der Waals surface area contributed by atoms with Crippen molar-refractivity contribution in [3.63, 3.8) is 0 Å². The van der Waals surface area contributed by atoms with E-state index in [4.69, 9.17) is 74.3 Å². The lowest BCUT2D eigenvalue weighted by molar-refractivity contribution is 0.0601. The van der Waals surface area contributed by atoms with Crippen LogP contribution in [0.2, 0.25) is 30.3 Å². The van der Waals surface area contributed by atoms with Crippen LogP contribution in [0.1, 0.15) is 10.4 Å². The number of ether oxygens (including phenoxy) is 1. The predicted molar refractivity (Wildman–Crippen MR) is 91.1 cm³/mol. The van der Waals surface area contributed by atoms with Gasteiger partial charge < -0.3 is 4.74 Å². The molecule has 22 heavy (non-hydrogen) atoms. The van der Waals surface area contributed by atoms with Gasteiger partial charge in [-0.15, -0.1) is 0 Å². The summed E-state index contributed by atoms with van der Waals surface area (Å²) in [6.07, 6.45) is 0. The van der Waals surface area contributed by atoms with E-state index in [9.17, 15) is 4.79 Å². The molecule has 0 N–H and O–H groups in total. The van der Waals surface area contributed by atoms with Crippen LogP contribution in [-0.4, -0.2) is 18.1 Å². The summed E-state index contributed by atoms with van der Waals surface area (Å²) in [5.41, 5.74) is 0.339. The van der Waals surface area contributed by atoms with Gasteiger partial charge in [-0.1, -0.05) is 69.6 Å². The fraction of sp³-hybridized carbons (Fsp3) is 0.0769. The van der Waals surface area contributed by atoms with E-state index in [1.165, 1.54) is 19.2 Å². The molecule has 0 aliphatic carbocycles. The number of nitrogens with zero attached hydrogens (tertiary/aromatic N) is 1. The molecule has 0 unspecified atom stereocenters. The van der Waals surface area contributed by atoms with Gasteiger partial charge in [-0.05, 0) is 12.1 Å². The normalized spacial score (nSPS) is 10.7. The van der Waals surface area contributed by atoms with Crippen molar-refractivity contribution in [2.24, 2.45) is 0 Å². The maximum absolute atomic E-state index is 11.9. The molecule has 0 atom stereocenters. The monoisotopic (exact) mass is 417 g/mol. The second kappa shape index (κ2) is 7.00. The van der Waals surface area contributed by atoms with Crippen LogP contribution >= 0.6 is 69.6 Å². The van der Waals surface area contributed by atoms with Crippen LogP contribution in [0, 0.1) is 0 Å². The highest BCUT2D eigenvalue weighted by Gasteiger charge is 2.25. The summed E-state index contributed by atoms with van der Waals surface area (Å²) in [6, 6.07) is 2.86. The van der Waals surface area contributed by atoms with Gasteiger partial charge in [0.2, 0.25) is 0 Å². The third-order valence-corrected chi connectivity index (χ3v) is 5.20. The van der Waals surface area contributed by atoms with Crippen LogP contribution in [0.15, 0.2) is 12.1 Å². The number of methoxy groups -OCH3 is 1. The van der Waals surface area contributed by atoms with E-state index < -0.39 is 5.97 Å². The van der Waals surface area contributed by atoms with Gasteiger partial charge in [-0.3, -0.25) is 0 Å². The van der Waals surface area contributed by atoms with Gasteiger partial charge in [0.05, 0.1) is 43.5 Å². The van der Waals surface area contributed by atoms with Crippen molar-refractivity contribution in [3.8, 4) is 11.3 Å². The summed E-state index contributed by atoms with van der Waals surface area (Å²) in [5.74, 6) is -0.645. The van der Waals surface area contributed by atoms with Crippen molar-refractivity contribution in [1.82, 2.24) is 4.98 Å². The summed E-state index contributed by atoms with van der Waals surface area (Å²) in [7, 11) is 1.23. The number of carbonyl (C=O) groups is 1. The van der Waals surface area contributed by atoms with Gasteiger partial charge in [-0.2, -0.15) is 0 Å². The molecule has 1 aromatic heterocycles. The molecule has 0 aliphatic rings. The van der Waals surface area contributed by atoms with Crippen LogP contribution < -0.4 is 0 Å². The Morgan fingerprint density at radius 1 is 0.909 bits per heavy atom. The molecule has 2 aromatic rings. The average Bonchev–Trinajstić information content (AvgIpc) is 2.50. The molecule has 0 fully saturated rings. The van der Waals surface area contributed by atoms with Gasteiger partial charge in [0.25, 0.3) is 0 Å². The number of esters is 1. The lowest BCUT2D eigenvalue weighted by atomic mass is 10.1. The van der Waals surface area contributed by atoms with Gasteiger partial charge in [-0.25, -0.2) is 9.78 Å². The second-order valence-electron chi connectivity index (χ2n) is 3.97. The molecule has 0 saturated heterocycles. The van der Waals surface area contributed by atoms with Crippen LogP contribution in [-0.2, 0) is 4.74 Å². The first-order chi connectivity index (χ1) is 10.3. The number of hydrogen-bond donors (Lipinski definition) is 0. The lowest BCUT2D eigenvalue weighted by Crippen LogP contribution is -2.06. The van der Waals surface area contributed by atoms with Crippen molar-refractivity contribution in [2.75, 3.05) is 7.11 Å². The Bertz CT molecular complexity index is 749. The minimum absolute atomic E-state index is 0.000913. The molecule has 1 aromatic carbocycles. The van der Waals surface area contributed by atoms with E-state index in [0.717, 1.165) is 0 Å². The first-order valence-electron chi connectivity index (χ1n) is 5.56. The third-order valence-electron chi connectivity index (χ3n) is 2.71. The molecule has 0 spiro atoms. The summed E-state index contributed by atoms with van der Waals surface area (Å²) in [4.78, 5) is 16.0. The standard InChI is InChI=1S/C13H5Cl6NO2/c1-22-13(21)4-2-3-5(14)20-12(4)6-7(15)9(17)11(19)10(18)8(6)16/h2-3H,1H3. The van der Waals surface area contributed by atoms with Crippen molar-refractivity contribution in [3.05, 3.63) is 48.0 Å². The molecule has 3 nitrogen and oxygen atoms in total. The first-order valence-corrected chi connectivity index (χ1v) is 7.83. The minimum Gasteiger partial charge on any atom is -0.465 e. The zero-order chi connectivity index (χ0) is 16.6. The maximum atomic E-state index is 11.9. The molecule has 9 heteroatoms. The molecule has 0 aliphatic heterocycles. The van der Waals surface area contributed by atoms with Crippen molar-refractivity contribution in [2.45, 2.75) is 0 Å². The minimum atomic E-state index is -0.645. The number of hydrogen-bond acceptors (Lipinski definition) is 3. The third kappa shape index (κ3) is 3.12. The fourth-order valence-electron chi connectivity index (χ4n) is 1.71. The van der Waals surface area contributed by atoms with Gasteiger partial charge in [0.1, 0.15) is 5.15 Å². The SMILES string of the molecule is COC(=O)c1ccc(Cl)nc1-c1c(Cl)c(Cl)c(Cl)c(Cl)c1Cl. The van der Waals surface area contributed by atoms with Crippen LogP contribution in [0.5, 0.6) is 0 Å². The molecular formula is C13H5Cl6NO2. The molecule has 2 rings (SSSR count). The molecule has 116 valence electrons. The molecule has 0 bridgehead atoms. The van der Waals surface area contributed by atoms with Gasteiger partial charge in [0.15, 0.2) is 0 Å². The predicted octanol–water partition coefficient (Wildman–Crippen LogP) is 6.46. The van der Waals surface area contributed by atoms with Crippen molar-refractivity contribution in [1.29, 1.82) is 0 Å². The van der Waals surface area contributed by atoms with E-state index in [2.05, 4.69) is 4.98 Å². The van der Waals surface area contributed by atoms with Crippen molar-refractivity contribution < 1.29 is 9.53 Å². The van der Waals surface area contributed by atoms with Crippen LogP contribution in [0.3, 0.4) is 0 Å².